The number of rotatable bonds is 3. The summed E-state index contributed by atoms with van der Waals surface area (Å²) in [5.74, 6) is 0. The van der Waals surface area contributed by atoms with Gasteiger partial charge in [-0.2, -0.15) is 0 Å². The summed E-state index contributed by atoms with van der Waals surface area (Å²) in [6.07, 6.45) is 2.04. The van der Waals surface area contributed by atoms with E-state index in [1.807, 2.05) is 19.2 Å². The average molecular weight is 323 g/mol. The molecule has 0 spiro atoms. The van der Waals surface area contributed by atoms with Gasteiger partial charge in [0.25, 0.3) is 5.69 Å². The van der Waals surface area contributed by atoms with Crippen LogP contribution in [0.4, 0.5) is 5.69 Å². The highest BCUT2D eigenvalue weighted by Crippen LogP contribution is 2.25. The number of hydrogen-bond donors (Lipinski definition) is 0. The molecule has 0 atom stereocenters. The molecule has 0 saturated heterocycles. The second-order valence-electron chi connectivity index (χ2n) is 4.68. The van der Waals surface area contributed by atoms with Gasteiger partial charge in [0.1, 0.15) is 0 Å². The number of benzene rings is 1. The molecule has 0 amide bonds. The van der Waals surface area contributed by atoms with E-state index in [1.165, 1.54) is 11.1 Å². The van der Waals surface area contributed by atoms with Gasteiger partial charge in [0.15, 0.2) is 0 Å². The molecule has 0 aliphatic rings. The van der Waals surface area contributed by atoms with Crippen molar-refractivity contribution >= 4 is 21.6 Å². The van der Waals surface area contributed by atoms with Crippen LogP contribution in [0.1, 0.15) is 22.4 Å². The summed E-state index contributed by atoms with van der Waals surface area (Å²) in [4.78, 5) is 10.8. The molecule has 5 heteroatoms. The summed E-state index contributed by atoms with van der Waals surface area (Å²) >= 11 is 3.27. The molecule has 1 aromatic heterocycles. The van der Waals surface area contributed by atoms with Crippen molar-refractivity contribution in [2.24, 2.45) is 0 Å². The van der Waals surface area contributed by atoms with Crippen LogP contribution in [0, 0.1) is 30.9 Å². The maximum atomic E-state index is 11.1. The summed E-state index contributed by atoms with van der Waals surface area (Å²) in [5.41, 5.74) is 4.45. The summed E-state index contributed by atoms with van der Waals surface area (Å²) in [6.45, 7) is 6.67. The van der Waals surface area contributed by atoms with Gasteiger partial charge in [-0.3, -0.25) is 10.1 Å². The Labute approximate surface area is 120 Å². The Morgan fingerprint density at radius 3 is 2.53 bits per heavy atom. The summed E-state index contributed by atoms with van der Waals surface area (Å²) < 4.78 is 2.78. The Hall–Kier alpha value is -1.62. The standard InChI is InChI=1S/C14H15BrN2O2/c1-9-7-16(11(3)10(9)2)8-12-4-5-13(15)6-14(12)17(18)19/h4-7H,8H2,1-3H3. The lowest BCUT2D eigenvalue weighted by atomic mass is 10.1. The maximum Gasteiger partial charge on any atom is 0.275 e. The lowest BCUT2D eigenvalue weighted by Crippen LogP contribution is -2.04. The van der Waals surface area contributed by atoms with Gasteiger partial charge in [0.05, 0.1) is 11.5 Å². The number of hydrogen-bond acceptors (Lipinski definition) is 2. The van der Waals surface area contributed by atoms with E-state index < -0.39 is 0 Å². The molecule has 0 bridgehead atoms. The summed E-state index contributed by atoms with van der Waals surface area (Å²) in [6, 6.07) is 5.18. The zero-order valence-electron chi connectivity index (χ0n) is 11.1. The number of nitro groups is 1. The molecule has 0 unspecified atom stereocenters. The average Bonchev–Trinajstić information content (AvgIpc) is 2.59. The molecule has 2 aromatic rings. The van der Waals surface area contributed by atoms with Gasteiger partial charge in [-0.1, -0.05) is 15.9 Å². The van der Waals surface area contributed by atoms with E-state index in [9.17, 15) is 10.1 Å². The Morgan fingerprint density at radius 1 is 1.32 bits per heavy atom. The van der Waals surface area contributed by atoms with Crippen LogP contribution in [-0.2, 0) is 6.54 Å². The topological polar surface area (TPSA) is 48.1 Å². The SMILES string of the molecule is Cc1cn(Cc2ccc(Br)cc2[N+](=O)[O-])c(C)c1C. The second-order valence-corrected chi connectivity index (χ2v) is 5.60. The Kier molecular flexibility index (Phi) is 3.75. The van der Waals surface area contributed by atoms with Crippen LogP contribution in [0.3, 0.4) is 0 Å². The van der Waals surface area contributed by atoms with E-state index in [0.717, 1.165) is 10.2 Å². The van der Waals surface area contributed by atoms with Crippen LogP contribution in [0.2, 0.25) is 0 Å². The van der Waals surface area contributed by atoms with E-state index in [1.54, 1.807) is 12.1 Å². The van der Waals surface area contributed by atoms with Gasteiger partial charge in [0, 0.05) is 28.0 Å². The summed E-state index contributed by atoms with van der Waals surface area (Å²) in [7, 11) is 0. The Balaban J connectivity index is 2.43. The lowest BCUT2D eigenvalue weighted by molar-refractivity contribution is -0.385. The van der Waals surface area contributed by atoms with Crippen LogP contribution in [-0.4, -0.2) is 9.49 Å². The van der Waals surface area contributed by atoms with Gasteiger partial charge < -0.3 is 4.57 Å². The Morgan fingerprint density at radius 2 is 2.00 bits per heavy atom. The highest BCUT2D eigenvalue weighted by atomic mass is 79.9. The molecule has 2 rings (SSSR count). The minimum atomic E-state index is -0.335. The second kappa shape index (κ2) is 5.17. The van der Waals surface area contributed by atoms with Crippen molar-refractivity contribution in [1.29, 1.82) is 0 Å². The van der Waals surface area contributed by atoms with Crippen molar-refractivity contribution in [2.45, 2.75) is 27.3 Å². The zero-order chi connectivity index (χ0) is 14.2. The van der Waals surface area contributed by atoms with Gasteiger partial charge in [0.2, 0.25) is 0 Å². The number of aromatic nitrogens is 1. The molecule has 0 aliphatic carbocycles. The van der Waals surface area contributed by atoms with Gasteiger partial charge in [-0.05, 0) is 44.0 Å². The predicted octanol–water partition coefficient (Wildman–Crippen LogP) is 4.13. The Bertz CT molecular complexity index is 647. The fourth-order valence-corrected chi connectivity index (χ4v) is 2.47. The molecule has 1 heterocycles. The first-order valence-corrected chi connectivity index (χ1v) is 6.75. The third-order valence-electron chi connectivity index (χ3n) is 3.50. The summed E-state index contributed by atoms with van der Waals surface area (Å²) in [5, 5.41) is 11.1. The van der Waals surface area contributed by atoms with E-state index in [2.05, 4.69) is 34.3 Å². The van der Waals surface area contributed by atoms with E-state index in [4.69, 9.17) is 0 Å². The van der Waals surface area contributed by atoms with E-state index >= 15 is 0 Å². The van der Waals surface area contributed by atoms with Crippen molar-refractivity contribution < 1.29 is 4.92 Å². The molecular formula is C14H15BrN2O2. The van der Waals surface area contributed by atoms with Gasteiger partial charge in [-0.25, -0.2) is 0 Å². The molecule has 0 saturated carbocycles. The first kappa shape index (κ1) is 13.8. The van der Waals surface area contributed by atoms with Gasteiger partial charge >= 0.3 is 0 Å². The minimum Gasteiger partial charge on any atom is -0.347 e. The smallest absolute Gasteiger partial charge is 0.275 e. The third-order valence-corrected chi connectivity index (χ3v) is 3.99. The highest BCUT2D eigenvalue weighted by Gasteiger charge is 2.15. The first-order valence-electron chi connectivity index (χ1n) is 5.96. The molecule has 0 radical (unpaired) electrons. The largest absolute Gasteiger partial charge is 0.347 e. The molecular weight excluding hydrogens is 308 g/mol. The van der Waals surface area contributed by atoms with E-state index in [-0.39, 0.29) is 10.6 Å². The molecule has 0 N–H and O–H groups in total. The first-order chi connectivity index (χ1) is 8.90. The van der Waals surface area contributed by atoms with Crippen LogP contribution in [0.25, 0.3) is 0 Å². The predicted molar refractivity (Wildman–Crippen MR) is 78.5 cm³/mol. The number of nitro benzene ring substituents is 1. The third kappa shape index (κ3) is 2.71. The van der Waals surface area contributed by atoms with Crippen molar-refractivity contribution in [3.05, 3.63) is 61.4 Å². The van der Waals surface area contributed by atoms with Crippen LogP contribution >= 0.6 is 15.9 Å². The fourth-order valence-electron chi connectivity index (χ4n) is 2.12. The lowest BCUT2D eigenvalue weighted by Gasteiger charge is -2.08. The normalized spacial score (nSPS) is 10.7. The van der Waals surface area contributed by atoms with Crippen LogP contribution in [0.15, 0.2) is 28.9 Å². The fraction of sp³-hybridized carbons (Fsp3) is 0.286. The van der Waals surface area contributed by atoms with Crippen molar-refractivity contribution in [1.82, 2.24) is 4.57 Å². The van der Waals surface area contributed by atoms with E-state index in [0.29, 0.717) is 12.1 Å². The molecule has 19 heavy (non-hydrogen) atoms. The monoisotopic (exact) mass is 322 g/mol. The quantitative estimate of drug-likeness (QED) is 0.630. The van der Waals surface area contributed by atoms with Crippen molar-refractivity contribution in [3.8, 4) is 0 Å². The number of halogens is 1. The van der Waals surface area contributed by atoms with Crippen molar-refractivity contribution in [2.75, 3.05) is 0 Å². The maximum absolute atomic E-state index is 11.1. The molecule has 0 aliphatic heterocycles. The molecule has 4 nitrogen and oxygen atoms in total. The van der Waals surface area contributed by atoms with Gasteiger partial charge in [-0.15, -0.1) is 0 Å². The number of aryl methyl sites for hydroxylation is 1. The van der Waals surface area contributed by atoms with Crippen molar-refractivity contribution in [3.63, 3.8) is 0 Å². The molecule has 0 fully saturated rings. The van der Waals surface area contributed by atoms with Crippen LogP contribution < -0.4 is 0 Å². The minimum absolute atomic E-state index is 0.151. The van der Waals surface area contributed by atoms with Crippen LogP contribution in [0.5, 0.6) is 0 Å². The molecule has 1 aromatic carbocycles. The highest BCUT2D eigenvalue weighted by molar-refractivity contribution is 9.10. The molecule has 100 valence electrons. The number of nitrogens with zero attached hydrogens (tertiary/aromatic N) is 2. The zero-order valence-corrected chi connectivity index (χ0v) is 12.7.